The SMILES string of the molecule is CC(C)(C#N)C(=O)c1cccs1. The molecule has 0 unspecified atom stereocenters. The van der Waals surface area contributed by atoms with E-state index in [0.29, 0.717) is 4.88 Å². The van der Waals surface area contributed by atoms with Crippen molar-refractivity contribution in [3.05, 3.63) is 22.4 Å². The molecule has 0 bridgehead atoms. The molecule has 1 heterocycles. The summed E-state index contributed by atoms with van der Waals surface area (Å²) in [7, 11) is 0. The molecule has 1 aromatic rings. The van der Waals surface area contributed by atoms with Crippen molar-refractivity contribution in [2.24, 2.45) is 5.41 Å². The average molecular weight is 179 g/mol. The number of rotatable bonds is 2. The molecule has 0 fully saturated rings. The summed E-state index contributed by atoms with van der Waals surface area (Å²) in [5.41, 5.74) is -0.898. The van der Waals surface area contributed by atoms with Gasteiger partial charge in [0, 0.05) is 0 Å². The number of nitrogens with zero attached hydrogens (tertiary/aromatic N) is 1. The van der Waals surface area contributed by atoms with Crippen molar-refractivity contribution >= 4 is 17.1 Å². The van der Waals surface area contributed by atoms with Gasteiger partial charge in [-0.25, -0.2) is 0 Å². The zero-order valence-corrected chi connectivity index (χ0v) is 7.81. The van der Waals surface area contributed by atoms with Crippen molar-refractivity contribution in [2.45, 2.75) is 13.8 Å². The van der Waals surface area contributed by atoms with Crippen LogP contribution in [-0.4, -0.2) is 5.78 Å². The van der Waals surface area contributed by atoms with Gasteiger partial charge in [-0.05, 0) is 25.3 Å². The van der Waals surface area contributed by atoms with Crippen LogP contribution in [0.1, 0.15) is 23.5 Å². The van der Waals surface area contributed by atoms with Gasteiger partial charge in [-0.3, -0.25) is 4.79 Å². The highest BCUT2D eigenvalue weighted by molar-refractivity contribution is 7.12. The minimum Gasteiger partial charge on any atom is -0.291 e. The first-order chi connectivity index (χ1) is 5.58. The van der Waals surface area contributed by atoms with Crippen LogP contribution >= 0.6 is 11.3 Å². The van der Waals surface area contributed by atoms with Crippen LogP contribution in [0.5, 0.6) is 0 Å². The highest BCUT2D eigenvalue weighted by Gasteiger charge is 2.28. The Morgan fingerprint density at radius 2 is 2.33 bits per heavy atom. The molecule has 12 heavy (non-hydrogen) atoms. The Balaban J connectivity index is 2.96. The van der Waals surface area contributed by atoms with Crippen molar-refractivity contribution in [2.75, 3.05) is 0 Å². The largest absolute Gasteiger partial charge is 0.291 e. The Hall–Kier alpha value is -1.14. The van der Waals surface area contributed by atoms with Gasteiger partial charge < -0.3 is 0 Å². The van der Waals surface area contributed by atoms with Crippen molar-refractivity contribution in [1.29, 1.82) is 5.26 Å². The van der Waals surface area contributed by atoms with Crippen molar-refractivity contribution < 1.29 is 4.79 Å². The standard InChI is InChI=1S/C9H9NOS/c1-9(2,6-10)8(11)7-4-3-5-12-7/h3-5H,1-2H3. The van der Waals surface area contributed by atoms with E-state index >= 15 is 0 Å². The maximum Gasteiger partial charge on any atom is 0.192 e. The zero-order valence-electron chi connectivity index (χ0n) is 7.00. The molecule has 62 valence electrons. The Morgan fingerprint density at radius 3 is 2.75 bits per heavy atom. The molecule has 3 heteroatoms. The van der Waals surface area contributed by atoms with E-state index in [1.807, 2.05) is 17.5 Å². The third kappa shape index (κ3) is 1.54. The van der Waals surface area contributed by atoms with Crippen LogP contribution in [-0.2, 0) is 0 Å². The molecular formula is C9H9NOS. The van der Waals surface area contributed by atoms with Crippen LogP contribution in [0.25, 0.3) is 0 Å². The topological polar surface area (TPSA) is 40.9 Å². The predicted octanol–water partition coefficient (Wildman–Crippen LogP) is 2.48. The van der Waals surface area contributed by atoms with Gasteiger partial charge in [0.25, 0.3) is 0 Å². The molecule has 0 aliphatic rings. The number of carbonyl (C=O) groups excluding carboxylic acids is 1. The van der Waals surface area contributed by atoms with E-state index in [-0.39, 0.29) is 5.78 Å². The first kappa shape index (κ1) is 8.95. The molecule has 0 amide bonds. The Kier molecular flexibility index (Phi) is 2.30. The third-order valence-electron chi connectivity index (χ3n) is 1.59. The Labute approximate surface area is 75.5 Å². The zero-order chi connectivity index (χ0) is 9.19. The van der Waals surface area contributed by atoms with Crippen molar-refractivity contribution in [1.82, 2.24) is 0 Å². The number of carbonyl (C=O) groups is 1. The summed E-state index contributed by atoms with van der Waals surface area (Å²) in [6.45, 7) is 3.27. The van der Waals surface area contributed by atoms with Crippen LogP contribution in [0.3, 0.4) is 0 Å². The fraction of sp³-hybridized carbons (Fsp3) is 0.333. The molecule has 0 radical (unpaired) electrons. The summed E-state index contributed by atoms with van der Waals surface area (Å²) >= 11 is 1.37. The number of hydrogen-bond donors (Lipinski definition) is 0. The molecule has 0 spiro atoms. The van der Waals surface area contributed by atoms with Gasteiger partial charge in [-0.1, -0.05) is 6.07 Å². The lowest BCUT2D eigenvalue weighted by Crippen LogP contribution is -2.20. The predicted molar refractivity (Wildman–Crippen MR) is 48.0 cm³/mol. The second-order valence-electron chi connectivity index (χ2n) is 3.04. The summed E-state index contributed by atoms with van der Waals surface area (Å²) in [6.07, 6.45) is 0. The number of thiophene rings is 1. The van der Waals surface area contributed by atoms with Gasteiger partial charge in [0.05, 0.1) is 10.9 Å². The number of Topliss-reactive ketones (excluding diaryl/α,β-unsaturated/α-hetero) is 1. The van der Waals surface area contributed by atoms with Crippen molar-refractivity contribution in [3.8, 4) is 6.07 Å². The second-order valence-corrected chi connectivity index (χ2v) is 3.99. The smallest absolute Gasteiger partial charge is 0.192 e. The molecule has 0 atom stereocenters. The lowest BCUT2D eigenvalue weighted by molar-refractivity contribution is 0.0896. The van der Waals surface area contributed by atoms with Gasteiger partial charge in [0.2, 0.25) is 0 Å². The lowest BCUT2D eigenvalue weighted by atomic mass is 9.89. The second kappa shape index (κ2) is 3.08. The van der Waals surface area contributed by atoms with E-state index in [2.05, 4.69) is 0 Å². The van der Waals surface area contributed by atoms with Crippen LogP contribution < -0.4 is 0 Å². The third-order valence-corrected chi connectivity index (χ3v) is 2.46. The molecule has 0 N–H and O–H groups in total. The first-order valence-electron chi connectivity index (χ1n) is 3.57. The lowest BCUT2D eigenvalue weighted by Gasteiger charge is -2.10. The minimum atomic E-state index is -0.898. The Morgan fingerprint density at radius 1 is 1.67 bits per heavy atom. The highest BCUT2D eigenvalue weighted by Crippen LogP contribution is 2.23. The van der Waals surface area contributed by atoms with Crippen LogP contribution in [0.4, 0.5) is 0 Å². The Bertz CT molecular complexity index is 319. The van der Waals surface area contributed by atoms with Gasteiger partial charge in [-0.15, -0.1) is 11.3 Å². The van der Waals surface area contributed by atoms with Gasteiger partial charge in [0.1, 0.15) is 5.41 Å². The van der Waals surface area contributed by atoms with Gasteiger partial charge in [0.15, 0.2) is 5.78 Å². The van der Waals surface area contributed by atoms with E-state index in [1.54, 1.807) is 19.9 Å². The molecular weight excluding hydrogens is 170 g/mol. The summed E-state index contributed by atoms with van der Waals surface area (Å²) in [6, 6.07) is 5.54. The van der Waals surface area contributed by atoms with E-state index in [1.165, 1.54) is 11.3 Å². The molecule has 1 aromatic heterocycles. The maximum absolute atomic E-state index is 11.5. The van der Waals surface area contributed by atoms with E-state index < -0.39 is 5.41 Å². The minimum absolute atomic E-state index is 0.0972. The fourth-order valence-corrected chi connectivity index (χ4v) is 1.59. The molecule has 0 saturated heterocycles. The molecule has 0 saturated carbocycles. The van der Waals surface area contributed by atoms with Crippen molar-refractivity contribution in [3.63, 3.8) is 0 Å². The number of hydrogen-bond acceptors (Lipinski definition) is 3. The summed E-state index contributed by atoms with van der Waals surface area (Å²) < 4.78 is 0. The summed E-state index contributed by atoms with van der Waals surface area (Å²) in [5.74, 6) is -0.0972. The molecule has 2 nitrogen and oxygen atoms in total. The summed E-state index contributed by atoms with van der Waals surface area (Å²) in [5, 5.41) is 10.5. The fourth-order valence-electron chi connectivity index (χ4n) is 0.767. The van der Waals surface area contributed by atoms with Crippen LogP contribution in [0.2, 0.25) is 0 Å². The highest BCUT2D eigenvalue weighted by atomic mass is 32.1. The van der Waals surface area contributed by atoms with E-state index in [4.69, 9.17) is 5.26 Å². The number of nitriles is 1. The summed E-state index contributed by atoms with van der Waals surface area (Å²) in [4.78, 5) is 12.2. The molecule has 1 rings (SSSR count). The number of ketones is 1. The average Bonchev–Trinajstić information content (AvgIpc) is 2.55. The molecule has 0 aromatic carbocycles. The van der Waals surface area contributed by atoms with E-state index in [9.17, 15) is 4.79 Å². The first-order valence-corrected chi connectivity index (χ1v) is 4.45. The quantitative estimate of drug-likeness (QED) is 0.654. The van der Waals surface area contributed by atoms with Gasteiger partial charge >= 0.3 is 0 Å². The normalized spacial score (nSPS) is 10.8. The van der Waals surface area contributed by atoms with Crippen LogP contribution in [0, 0.1) is 16.7 Å². The van der Waals surface area contributed by atoms with E-state index in [0.717, 1.165) is 0 Å². The molecule has 0 aliphatic carbocycles. The molecule has 0 aliphatic heterocycles. The monoisotopic (exact) mass is 179 g/mol. The van der Waals surface area contributed by atoms with Gasteiger partial charge in [-0.2, -0.15) is 5.26 Å². The van der Waals surface area contributed by atoms with Crippen LogP contribution in [0.15, 0.2) is 17.5 Å². The maximum atomic E-state index is 11.5.